The zero-order valence-corrected chi connectivity index (χ0v) is 18.3. The summed E-state index contributed by atoms with van der Waals surface area (Å²) < 4.78 is 27.8. The summed E-state index contributed by atoms with van der Waals surface area (Å²) in [6.45, 7) is 2.19. The quantitative estimate of drug-likeness (QED) is 0.205. The first-order chi connectivity index (χ1) is 14.4. The molecule has 0 bridgehead atoms. The lowest BCUT2D eigenvalue weighted by Crippen LogP contribution is -2.15. The van der Waals surface area contributed by atoms with Crippen molar-refractivity contribution in [3.05, 3.63) is 48.5 Å². The van der Waals surface area contributed by atoms with Crippen LogP contribution in [0.2, 0.25) is 0 Å². The van der Waals surface area contributed by atoms with Gasteiger partial charge in [-0.05, 0) is 48.9 Å². The molecule has 164 valence electrons. The Balaban J connectivity index is 1.87. The van der Waals surface area contributed by atoms with Crippen molar-refractivity contribution in [3.8, 4) is 0 Å². The molecule has 0 spiro atoms. The highest BCUT2D eigenvalue weighted by Crippen LogP contribution is 2.21. The van der Waals surface area contributed by atoms with Gasteiger partial charge in [-0.2, -0.15) is 0 Å². The summed E-state index contributed by atoms with van der Waals surface area (Å²) in [5, 5.41) is 2.79. The lowest BCUT2D eigenvalue weighted by atomic mass is 10.1. The molecule has 0 heterocycles. The molecule has 0 atom stereocenters. The summed E-state index contributed by atoms with van der Waals surface area (Å²) >= 11 is 0. The maximum atomic E-state index is 12.6. The van der Waals surface area contributed by atoms with Crippen LogP contribution in [0, 0.1) is 0 Å². The van der Waals surface area contributed by atoms with Crippen molar-refractivity contribution in [1.82, 2.24) is 0 Å². The second kappa shape index (κ2) is 12.2. The topological polar surface area (TPSA) is 113 Å². The number of hydrazine groups is 1. The normalized spacial score (nSPS) is 11.1. The molecular weight excluding hydrogens is 400 g/mol. The molecule has 0 saturated heterocycles. The molecule has 0 aliphatic rings. The number of rotatable bonds is 13. The molecule has 0 aliphatic carbocycles. The van der Waals surface area contributed by atoms with E-state index >= 15 is 0 Å². The van der Waals surface area contributed by atoms with E-state index in [-0.39, 0.29) is 10.8 Å². The predicted octanol–water partition coefficient (Wildman–Crippen LogP) is 4.85. The number of sulfonamides is 1. The number of nitrogens with two attached hydrogens (primary N) is 1. The van der Waals surface area contributed by atoms with Gasteiger partial charge in [0.2, 0.25) is 5.91 Å². The van der Waals surface area contributed by atoms with Gasteiger partial charge in [-0.25, -0.2) is 8.42 Å². The third kappa shape index (κ3) is 8.04. The molecule has 0 radical (unpaired) electrons. The minimum Gasteiger partial charge on any atom is -0.326 e. The number of hydrogen-bond acceptors (Lipinski definition) is 5. The van der Waals surface area contributed by atoms with Crippen LogP contribution in [-0.4, -0.2) is 14.3 Å². The summed E-state index contributed by atoms with van der Waals surface area (Å²) in [5.41, 5.74) is 4.04. The van der Waals surface area contributed by atoms with Gasteiger partial charge < -0.3 is 10.7 Å². The Kier molecular flexibility index (Phi) is 9.63. The molecule has 0 aromatic heterocycles. The number of carbonyl (C=O) groups is 1. The van der Waals surface area contributed by atoms with Gasteiger partial charge in [0.15, 0.2) is 0 Å². The van der Waals surface area contributed by atoms with E-state index in [1.807, 2.05) is 0 Å². The highest BCUT2D eigenvalue weighted by molar-refractivity contribution is 7.92. The van der Waals surface area contributed by atoms with E-state index in [0.29, 0.717) is 23.5 Å². The molecule has 0 fully saturated rings. The fourth-order valence-electron chi connectivity index (χ4n) is 3.06. The smallest absolute Gasteiger partial charge is 0.261 e. The molecular formula is C22H32N4O3S. The van der Waals surface area contributed by atoms with E-state index in [4.69, 9.17) is 5.84 Å². The molecule has 2 rings (SSSR count). The van der Waals surface area contributed by atoms with Crippen molar-refractivity contribution in [3.63, 3.8) is 0 Å². The van der Waals surface area contributed by atoms with E-state index in [2.05, 4.69) is 22.4 Å². The molecule has 7 nitrogen and oxygen atoms in total. The summed E-state index contributed by atoms with van der Waals surface area (Å²) in [5.74, 6) is 5.21. The van der Waals surface area contributed by atoms with Gasteiger partial charge in [0.25, 0.3) is 10.0 Å². The van der Waals surface area contributed by atoms with Gasteiger partial charge >= 0.3 is 0 Å². The van der Waals surface area contributed by atoms with Crippen LogP contribution in [0.4, 0.5) is 17.1 Å². The number of nitrogen functional groups attached to an aromatic ring is 1. The minimum absolute atomic E-state index is 0.0808. The van der Waals surface area contributed by atoms with Gasteiger partial charge in [0.1, 0.15) is 0 Å². The van der Waals surface area contributed by atoms with Gasteiger partial charge in [-0.15, -0.1) is 0 Å². The van der Waals surface area contributed by atoms with Gasteiger partial charge in [-0.1, -0.05) is 51.5 Å². The van der Waals surface area contributed by atoms with E-state index in [9.17, 15) is 13.2 Å². The third-order valence-electron chi connectivity index (χ3n) is 4.74. The van der Waals surface area contributed by atoms with Gasteiger partial charge in [0, 0.05) is 23.5 Å². The number of hydrogen-bond donors (Lipinski definition) is 4. The Morgan fingerprint density at radius 2 is 1.50 bits per heavy atom. The molecule has 5 N–H and O–H groups in total. The standard InChI is InChI=1S/C22H32N4O3S/c1-2-3-4-5-6-7-8-12-22(27)24-20-10-9-11-21(17-20)30(28,29)26-19-15-13-18(25-23)14-16-19/h9-11,13-17,25-26H,2-8,12,23H2,1H3,(H,24,27). The molecule has 0 saturated carbocycles. The van der Waals surface area contributed by atoms with Crippen LogP contribution >= 0.6 is 0 Å². The summed E-state index contributed by atoms with van der Waals surface area (Å²) in [7, 11) is -3.78. The van der Waals surface area contributed by atoms with Crippen molar-refractivity contribution in [2.45, 2.75) is 63.2 Å². The Morgan fingerprint density at radius 3 is 2.17 bits per heavy atom. The lowest BCUT2D eigenvalue weighted by molar-refractivity contribution is -0.116. The SMILES string of the molecule is CCCCCCCCCC(=O)Nc1cccc(S(=O)(=O)Nc2ccc(NN)cc2)c1. The average Bonchev–Trinajstić information content (AvgIpc) is 2.73. The minimum atomic E-state index is -3.78. The molecule has 1 amide bonds. The summed E-state index contributed by atoms with van der Waals surface area (Å²) in [6.07, 6.45) is 8.42. The summed E-state index contributed by atoms with van der Waals surface area (Å²) in [4.78, 5) is 12.2. The van der Waals surface area contributed by atoms with Crippen LogP contribution in [0.5, 0.6) is 0 Å². The first-order valence-corrected chi connectivity index (χ1v) is 11.9. The summed E-state index contributed by atoms with van der Waals surface area (Å²) in [6, 6.07) is 12.8. The Morgan fingerprint density at radius 1 is 0.867 bits per heavy atom. The van der Waals surface area contributed by atoms with Crippen molar-refractivity contribution >= 4 is 33.0 Å². The second-order valence-electron chi connectivity index (χ2n) is 7.27. The zero-order chi connectivity index (χ0) is 21.8. The number of amides is 1. The number of unbranched alkanes of at least 4 members (excludes halogenated alkanes) is 6. The van der Waals surface area contributed by atoms with Crippen LogP contribution in [0.15, 0.2) is 53.4 Å². The number of benzene rings is 2. The monoisotopic (exact) mass is 432 g/mol. The third-order valence-corrected chi connectivity index (χ3v) is 6.12. The molecule has 2 aromatic carbocycles. The van der Waals surface area contributed by atoms with Crippen molar-refractivity contribution in [1.29, 1.82) is 0 Å². The van der Waals surface area contributed by atoms with Crippen molar-refractivity contribution < 1.29 is 13.2 Å². The predicted molar refractivity (Wildman–Crippen MR) is 123 cm³/mol. The molecule has 2 aromatic rings. The van der Waals surface area contributed by atoms with Gasteiger partial charge in [0.05, 0.1) is 4.90 Å². The Hall–Kier alpha value is -2.58. The fourth-order valence-corrected chi connectivity index (χ4v) is 4.16. The van der Waals surface area contributed by atoms with Crippen LogP contribution in [0.1, 0.15) is 58.3 Å². The molecule has 30 heavy (non-hydrogen) atoms. The van der Waals surface area contributed by atoms with Gasteiger partial charge in [-0.3, -0.25) is 15.4 Å². The second-order valence-corrected chi connectivity index (χ2v) is 8.96. The van der Waals surface area contributed by atoms with Crippen LogP contribution in [0.3, 0.4) is 0 Å². The molecule has 8 heteroatoms. The van der Waals surface area contributed by atoms with Crippen molar-refractivity contribution in [2.75, 3.05) is 15.5 Å². The highest BCUT2D eigenvalue weighted by atomic mass is 32.2. The zero-order valence-electron chi connectivity index (χ0n) is 17.5. The maximum absolute atomic E-state index is 12.6. The van der Waals surface area contributed by atoms with Crippen LogP contribution in [0.25, 0.3) is 0 Å². The maximum Gasteiger partial charge on any atom is 0.261 e. The average molecular weight is 433 g/mol. The van der Waals surface area contributed by atoms with E-state index in [0.717, 1.165) is 19.3 Å². The molecule has 0 aliphatic heterocycles. The van der Waals surface area contributed by atoms with Crippen molar-refractivity contribution in [2.24, 2.45) is 5.84 Å². The van der Waals surface area contributed by atoms with E-state index in [1.165, 1.54) is 37.8 Å². The largest absolute Gasteiger partial charge is 0.326 e. The first kappa shape index (κ1) is 23.7. The van der Waals surface area contributed by atoms with E-state index in [1.54, 1.807) is 36.4 Å². The molecule has 0 unspecified atom stereocenters. The van der Waals surface area contributed by atoms with Crippen LogP contribution in [-0.2, 0) is 14.8 Å². The number of carbonyl (C=O) groups excluding carboxylic acids is 1. The number of anilines is 3. The Bertz CT molecular complexity index is 899. The van der Waals surface area contributed by atoms with Crippen LogP contribution < -0.4 is 21.3 Å². The Labute approximate surface area is 179 Å². The fraction of sp³-hybridized carbons (Fsp3) is 0.409. The first-order valence-electron chi connectivity index (χ1n) is 10.4. The lowest BCUT2D eigenvalue weighted by Gasteiger charge is -2.11. The number of nitrogens with one attached hydrogen (secondary N) is 3. The van der Waals surface area contributed by atoms with E-state index < -0.39 is 10.0 Å². The highest BCUT2D eigenvalue weighted by Gasteiger charge is 2.15.